The number of carboxylic acids is 1. The van der Waals surface area contributed by atoms with Crippen molar-refractivity contribution >= 4 is 29.3 Å². The summed E-state index contributed by atoms with van der Waals surface area (Å²) in [6, 6.07) is 9.60. The summed E-state index contributed by atoms with van der Waals surface area (Å²) < 4.78 is 4.68. The number of nitrogens with zero attached hydrogens (tertiary/aromatic N) is 1. The largest absolute Gasteiger partial charge is 0.480 e. The van der Waals surface area contributed by atoms with Crippen molar-refractivity contribution < 1.29 is 24.2 Å². The van der Waals surface area contributed by atoms with E-state index in [4.69, 9.17) is 5.73 Å². The number of H-pyrrole nitrogens is 1. The van der Waals surface area contributed by atoms with Crippen LogP contribution in [0.5, 0.6) is 0 Å². The Bertz CT molecular complexity index is 1420. The maximum Gasteiger partial charge on any atom is 0.411 e. The van der Waals surface area contributed by atoms with Crippen LogP contribution in [0.25, 0.3) is 11.3 Å². The normalized spacial score (nSPS) is 18.8. The van der Waals surface area contributed by atoms with Crippen LogP contribution in [0.3, 0.4) is 0 Å². The minimum absolute atomic E-state index is 0.190. The molecule has 2 atom stereocenters. The standard InChI is InChI=1S/C29H34N6O5/c1-40-29(39)32-19-10-11-20-24(13-19)33-23(28(37)38)5-3-2-4-22(26-31-15-25(20)34-26)35-27(36)17-8-9-18(14-30)21(12-17)16-6-7-16/h8-13,15-16,22-23,33H,2-7,14,30H2,1H3,(H,31,34)(H,32,39)(H,35,36)(H,37,38)/t22-,23+/m0/s1. The van der Waals surface area contributed by atoms with E-state index in [2.05, 4.69) is 30.7 Å². The molecule has 11 nitrogen and oxygen atoms in total. The molecule has 210 valence electrons. The molecule has 2 amide bonds. The number of methoxy groups -OCH3 is 1. The third-order valence-corrected chi connectivity index (χ3v) is 7.48. The number of benzene rings is 2. The summed E-state index contributed by atoms with van der Waals surface area (Å²) >= 11 is 0. The number of carbonyl (C=O) groups is 3. The second kappa shape index (κ2) is 11.8. The lowest BCUT2D eigenvalue weighted by atomic mass is 9.99. The fourth-order valence-electron chi connectivity index (χ4n) is 5.15. The Morgan fingerprint density at radius 2 is 1.90 bits per heavy atom. The van der Waals surface area contributed by atoms with Crippen LogP contribution in [0.1, 0.15) is 77.8 Å². The van der Waals surface area contributed by atoms with Gasteiger partial charge in [-0.3, -0.25) is 10.1 Å². The summed E-state index contributed by atoms with van der Waals surface area (Å²) in [7, 11) is 1.27. The molecule has 0 saturated heterocycles. The van der Waals surface area contributed by atoms with Crippen LogP contribution in [0, 0.1) is 0 Å². The Labute approximate surface area is 231 Å². The molecule has 1 saturated carbocycles. The number of imidazole rings is 1. The molecular weight excluding hydrogens is 512 g/mol. The number of amides is 2. The Morgan fingerprint density at radius 3 is 2.62 bits per heavy atom. The highest BCUT2D eigenvalue weighted by molar-refractivity contribution is 5.95. The van der Waals surface area contributed by atoms with Crippen molar-refractivity contribution in [1.29, 1.82) is 0 Å². The Morgan fingerprint density at radius 1 is 1.10 bits per heavy atom. The monoisotopic (exact) mass is 546 g/mol. The molecule has 1 aliphatic carbocycles. The number of aromatic amines is 1. The van der Waals surface area contributed by atoms with E-state index >= 15 is 0 Å². The van der Waals surface area contributed by atoms with E-state index in [-0.39, 0.29) is 11.9 Å². The molecule has 2 aliphatic rings. The zero-order valence-electron chi connectivity index (χ0n) is 22.3. The molecule has 1 aliphatic heterocycles. The highest BCUT2D eigenvalue weighted by atomic mass is 16.5. The van der Waals surface area contributed by atoms with Crippen molar-refractivity contribution in [2.75, 3.05) is 17.7 Å². The first kappa shape index (κ1) is 27.2. The van der Waals surface area contributed by atoms with E-state index in [1.165, 1.54) is 7.11 Å². The van der Waals surface area contributed by atoms with Gasteiger partial charge in [-0.15, -0.1) is 0 Å². The molecule has 11 heteroatoms. The Hall–Kier alpha value is -4.38. The predicted molar refractivity (Wildman–Crippen MR) is 150 cm³/mol. The molecule has 0 spiro atoms. The van der Waals surface area contributed by atoms with Crippen LogP contribution in [-0.4, -0.2) is 46.2 Å². The lowest BCUT2D eigenvalue weighted by molar-refractivity contribution is -0.138. The quantitative estimate of drug-likeness (QED) is 0.262. The summed E-state index contributed by atoms with van der Waals surface area (Å²) in [5.74, 6) is -0.0803. The molecule has 5 rings (SSSR count). The Balaban J connectivity index is 1.44. The van der Waals surface area contributed by atoms with Crippen molar-refractivity contribution in [3.8, 4) is 11.3 Å². The van der Waals surface area contributed by atoms with Gasteiger partial charge in [0.25, 0.3) is 5.91 Å². The van der Waals surface area contributed by atoms with Gasteiger partial charge in [0.05, 0.1) is 25.0 Å². The van der Waals surface area contributed by atoms with Gasteiger partial charge in [-0.1, -0.05) is 18.9 Å². The summed E-state index contributed by atoms with van der Waals surface area (Å²) in [4.78, 5) is 45.1. The van der Waals surface area contributed by atoms with Gasteiger partial charge in [-0.05, 0) is 73.1 Å². The Kier molecular flexibility index (Phi) is 8.01. The second-order valence-corrected chi connectivity index (χ2v) is 10.3. The maximum absolute atomic E-state index is 13.4. The number of carboxylic acid groups (broad SMARTS) is 1. The summed E-state index contributed by atoms with van der Waals surface area (Å²) in [5.41, 5.74) is 11.0. The molecule has 0 radical (unpaired) electrons. The highest BCUT2D eigenvalue weighted by Gasteiger charge is 2.28. The van der Waals surface area contributed by atoms with Crippen molar-refractivity contribution in [3.63, 3.8) is 0 Å². The first-order chi connectivity index (χ1) is 19.4. The number of anilines is 2. The zero-order chi connectivity index (χ0) is 28.2. The van der Waals surface area contributed by atoms with E-state index < -0.39 is 18.1 Å². The van der Waals surface area contributed by atoms with Gasteiger partial charge in [0, 0.05) is 29.0 Å². The van der Waals surface area contributed by atoms with Gasteiger partial charge in [0.2, 0.25) is 0 Å². The van der Waals surface area contributed by atoms with Crippen molar-refractivity contribution in [3.05, 3.63) is 65.1 Å². The maximum atomic E-state index is 13.4. The number of aliphatic carboxylic acids is 1. The van der Waals surface area contributed by atoms with Gasteiger partial charge in [-0.25, -0.2) is 14.6 Å². The number of fused-ring (bicyclic) bond motifs is 4. The lowest BCUT2D eigenvalue weighted by Crippen LogP contribution is -2.31. The number of carbonyl (C=O) groups excluding carboxylic acids is 2. The SMILES string of the molecule is COC(=O)Nc1ccc2c(c1)N[C@@H](C(=O)O)CCCC[C@H](NC(=O)c1ccc(CN)c(C3CC3)c1)c1ncc-2[nH]1. The van der Waals surface area contributed by atoms with Crippen LogP contribution in [0.4, 0.5) is 16.2 Å². The van der Waals surface area contributed by atoms with E-state index in [0.29, 0.717) is 72.2 Å². The molecule has 2 aromatic carbocycles. The van der Waals surface area contributed by atoms with Gasteiger partial charge in [0.15, 0.2) is 0 Å². The molecular formula is C29H34N6O5. The van der Waals surface area contributed by atoms with Gasteiger partial charge < -0.3 is 31.2 Å². The topological polar surface area (TPSA) is 171 Å². The van der Waals surface area contributed by atoms with Gasteiger partial charge >= 0.3 is 12.1 Å². The van der Waals surface area contributed by atoms with Gasteiger partial charge in [0.1, 0.15) is 11.9 Å². The number of ether oxygens (including phenoxy) is 1. The van der Waals surface area contributed by atoms with Crippen LogP contribution in [0.2, 0.25) is 0 Å². The second-order valence-electron chi connectivity index (χ2n) is 10.3. The molecule has 1 aromatic heterocycles. The smallest absolute Gasteiger partial charge is 0.411 e. The fourth-order valence-corrected chi connectivity index (χ4v) is 5.15. The summed E-state index contributed by atoms with van der Waals surface area (Å²) in [6.07, 6.45) is 5.54. The van der Waals surface area contributed by atoms with Crippen LogP contribution >= 0.6 is 0 Å². The van der Waals surface area contributed by atoms with Crippen LogP contribution in [-0.2, 0) is 16.1 Å². The van der Waals surface area contributed by atoms with E-state index in [1.54, 1.807) is 24.4 Å². The third-order valence-electron chi connectivity index (χ3n) is 7.48. The minimum Gasteiger partial charge on any atom is -0.480 e. The molecule has 2 bridgehead atoms. The van der Waals surface area contributed by atoms with Crippen LogP contribution < -0.4 is 21.7 Å². The molecule has 2 heterocycles. The molecule has 3 aromatic rings. The summed E-state index contributed by atoms with van der Waals surface area (Å²) in [5, 5.41) is 18.8. The highest BCUT2D eigenvalue weighted by Crippen LogP contribution is 2.42. The third kappa shape index (κ3) is 6.09. The minimum atomic E-state index is -0.975. The van der Waals surface area contributed by atoms with E-state index in [1.807, 2.05) is 18.2 Å². The van der Waals surface area contributed by atoms with E-state index in [0.717, 1.165) is 24.0 Å². The van der Waals surface area contributed by atoms with E-state index in [9.17, 15) is 19.5 Å². The van der Waals surface area contributed by atoms with Crippen molar-refractivity contribution in [1.82, 2.24) is 15.3 Å². The van der Waals surface area contributed by atoms with Crippen molar-refractivity contribution in [2.24, 2.45) is 5.73 Å². The average molecular weight is 547 g/mol. The predicted octanol–water partition coefficient (Wildman–Crippen LogP) is 4.50. The first-order valence-corrected chi connectivity index (χ1v) is 13.5. The molecule has 1 fully saturated rings. The molecule has 40 heavy (non-hydrogen) atoms. The number of nitrogens with two attached hydrogens (primary N) is 1. The number of nitrogens with one attached hydrogen (secondary N) is 4. The van der Waals surface area contributed by atoms with Crippen LogP contribution in [0.15, 0.2) is 42.6 Å². The fraction of sp³-hybridized carbons (Fsp3) is 0.379. The number of hydrogen-bond acceptors (Lipinski definition) is 7. The number of aromatic nitrogens is 2. The number of hydrogen-bond donors (Lipinski definition) is 6. The lowest BCUT2D eigenvalue weighted by Gasteiger charge is -2.21. The molecule has 7 N–H and O–H groups in total. The molecule has 0 unspecified atom stereocenters. The first-order valence-electron chi connectivity index (χ1n) is 13.5. The zero-order valence-corrected chi connectivity index (χ0v) is 22.3. The average Bonchev–Trinajstić information content (AvgIpc) is 3.69. The van der Waals surface area contributed by atoms with Crippen molar-refractivity contribution in [2.45, 2.75) is 63.1 Å². The van der Waals surface area contributed by atoms with Gasteiger partial charge in [-0.2, -0.15) is 0 Å². The summed E-state index contributed by atoms with van der Waals surface area (Å²) in [6.45, 7) is 0.444. The number of rotatable bonds is 6.